The molecule has 6 heteroatoms. The Balaban J connectivity index is 2.07. The Morgan fingerprint density at radius 2 is 1.71 bits per heavy atom. The van der Waals surface area contributed by atoms with E-state index < -0.39 is 23.6 Å². The number of amides is 1. The number of carboxylic acids is 1. The molecular formula is C22H22N2O4. The monoisotopic (exact) mass is 378 g/mol. The maximum absolute atomic E-state index is 12.3. The maximum Gasteiger partial charge on any atom is 0.310 e. The van der Waals surface area contributed by atoms with Gasteiger partial charge >= 0.3 is 5.97 Å². The van der Waals surface area contributed by atoms with Crippen molar-refractivity contribution in [2.45, 2.75) is 19.3 Å². The number of nitrogens with two attached hydrogens (primary N) is 1. The summed E-state index contributed by atoms with van der Waals surface area (Å²) in [6.45, 7) is 0. The van der Waals surface area contributed by atoms with Gasteiger partial charge in [-0.15, -0.1) is 0 Å². The molecule has 0 aliphatic rings. The molecular weight excluding hydrogens is 356 g/mol. The Morgan fingerprint density at radius 1 is 1.04 bits per heavy atom. The van der Waals surface area contributed by atoms with E-state index >= 15 is 0 Å². The van der Waals surface area contributed by atoms with Crippen LogP contribution in [0.3, 0.4) is 0 Å². The number of hydrogen-bond donors (Lipinski definition) is 3. The summed E-state index contributed by atoms with van der Waals surface area (Å²) in [7, 11) is 0. The highest BCUT2D eigenvalue weighted by Crippen LogP contribution is 2.13. The molecule has 1 amide bonds. The summed E-state index contributed by atoms with van der Waals surface area (Å²) in [4.78, 5) is 34.3. The average Bonchev–Trinajstić information content (AvgIpc) is 2.67. The molecule has 6 nitrogen and oxygen atoms in total. The molecule has 0 spiro atoms. The molecule has 2 rings (SSSR count). The fraction of sp³-hybridized carbons (Fsp3) is 0.182. The van der Waals surface area contributed by atoms with Crippen molar-refractivity contribution in [2.24, 2.45) is 11.7 Å². The topological polar surface area (TPSA) is 121 Å². The molecule has 0 heterocycles. The summed E-state index contributed by atoms with van der Waals surface area (Å²) in [5, 5.41) is 17.3. The Morgan fingerprint density at radius 3 is 2.36 bits per heavy atom. The lowest BCUT2D eigenvalue weighted by molar-refractivity contribution is -0.140. The van der Waals surface area contributed by atoms with Gasteiger partial charge in [-0.25, -0.2) is 0 Å². The standard InChI is InChI=1S/C22H22N2O4/c23-20(26)12-10-17(22(27)28)9-11-19(25)21(24)18-8-4-7-16(14-18)13-15-5-2-1-3-6-15/h1-9,11,14,17,24H,10,12-13H2,(H2,23,26)(H,27,28)/b11-9+,24-21?. The lowest BCUT2D eigenvalue weighted by Gasteiger charge is -2.07. The van der Waals surface area contributed by atoms with Crippen LogP contribution in [0.4, 0.5) is 0 Å². The van der Waals surface area contributed by atoms with E-state index in [2.05, 4.69) is 0 Å². The van der Waals surface area contributed by atoms with Crippen molar-refractivity contribution in [1.82, 2.24) is 0 Å². The third kappa shape index (κ3) is 6.32. The first-order chi connectivity index (χ1) is 13.4. The zero-order chi connectivity index (χ0) is 20.5. The zero-order valence-corrected chi connectivity index (χ0v) is 15.3. The Kier molecular flexibility index (Phi) is 7.39. The summed E-state index contributed by atoms with van der Waals surface area (Å²) in [6.07, 6.45) is 2.88. The second kappa shape index (κ2) is 9.97. The van der Waals surface area contributed by atoms with Gasteiger partial charge in [-0.2, -0.15) is 0 Å². The van der Waals surface area contributed by atoms with Gasteiger partial charge in [-0.05, 0) is 36.1 Å². The first-order valence-corrected chi connectivity index (χ1v) is 8.82. The van der Waals surface area contributed by atoms with E-state index in [1.807, 2.05) is 36.4 Å². The minimum atomic E-state index is -1.15. The molecule has 0 saturated carbocycles. The summed E-state index contributed by atoms with van der Waals surface area (Å²) in [5.74, 6) is -3.36. The summed E-state index contributed by atoms with van der Waals surface area (Å²) >= 11 is 0. The van der Waals surface area contributed by atoms with E-state index in [1.165, 1.54) is 6.08 Å². The van der Waals surface area contributed by atoms with E-state index in [1.54, 1.807) is 18.2 Å². The molecule has 28 heavy (non-hydrogen) atoms. The number of rotatable bonds is 10. The van der Waals surface area contributed by atoms with Crippen LogP contribution in [0.1, 0.15) is 29.5 Å². The number of carbonyl (C=O) groups is 3. The minimum absolute atomic E-state index is 0.00827. The van der Waals surface area contributed by atoms with Crippen molar-refractivity contribution in [2.75, 3.05) is 0 Å². The molecule has 0 fully saturated rings. The largest absolute Gasteiger partial charge is 0.481 e. The molecule has 4 N–H and O–H groups in total. The van der Waals surface area contributed by atoms with E-state index in [9.17, 15) is 14.4 Å². The van der Waals surface area contributed by atoms with Crippen LogP contribution in [0, 0.1) is 11.3 Å². The van der Waals surface area contributed by atoms with Crippen LogP contribution >= 0.6 is 0 Å². The number of ketones is 1. The van der Waals surface area contributed by atoms with Gasteiger partial charge in [0.05, 0.1) is 5.92 Å². The van der Waals surface area contributed by atoms with Crippen LogP contribution in [0.15, 0.2) is 66.7 Å². The highest BCUT2D eigenvalue weighted by Gasteiger charge is 2.16. The number of aliphatic carboxylic acids is 1. The summed E-state index contributed by atoms with van der Waals surface area (Å²) in [5.41, 5.74) is 7.37. The van der Waals surface area contributed by atoms with Crippen molar-refractivity contribution in [1.29, 1.82) is 5.41 Å². The smallest absolute Gasteiger partial charge is 0.310 e. The van der Waals surface area contributed by atoms with Crippen LogP contribution < -0.4 is 5.73 Å². The van der Waals surface area contributed by atoms with Gasteiger partial charge < -0.3 is 10.8 Å². The first kappa shape index (κ1) is 20.8. The second-order valence-electron chi connectivity index (χ2n) is 6.41. The van der Waals surface area contributed by atoms with Crippen molar-refractivity contribution < 1.29 is 19.5 Å². The van der Waals surface area contributed by atoms with Crippen LogP contribution in [0.5, 0.6) is 0 Å². The molecule has 144 valence electrons. The number of allylic oxidation sites excluding steroid dienone is 1. The molecule has 2 aromatic rings. The van der Waals surface area contributed by atoms with Crippen molar-refractivity contribution in [3.8, 4) is 0 Å². The third-order valence-corrected chi connectivity index (χ3v) is 4.21. The number of carbonyl (C=O) groups excluding carboxylic acids is 2. The first-order valence-electron chi connectivity index (χ1n) is 8.82. The minimum Gasteiger partial charge on any atom is -0.481 e. The highest BCUT2D eigenvalue weighted by atomic mass is 16.4. The number of hydrogen-bond acceptors (Lipinski definition) is 4. The lowest BCUT2D eigenvalue weighted by Crippen LogP contribution is -2.18. The van der Waals surface area contributed by atoms with Gasteiger partial charge in [0.25, 0.3) is 0 Å². The van der Waals surface area contributed by atoms with E-state index in [-0.39, 0.29) is 18.6 Å². The third-order valence-electron chi connectivity index (χ3n) is 4.21. The Bertz CT molecular complexity index is 904. The van der Waals surface area contributed by atoms with Crippen LogP contribution in [0.25, 0.3) is 0 Å². The average molecular weight is 378 g/mol. The van der Waals surface area contributed by atoms with Gasteiger partial charge in [0, 0.05) is 12.0 Å². The van der Waals surface area contributed by atoms with Crippen LogP contribution in [-0.2, 0) is 20.8 Å². The van der Waals surface area contributed by atoms with Gasteiger partial charge in [-0.3, -0.25) is 19.8 Å². The molecule has 1 atom stereocenters. The number of nitrogens with one attached hydrogen (secondary N) is 1. The van der Waals surface area contributed by atoms with Gasteiger partial charge in [0.15, 0.2) is 0 Å². The van der Waals surface area contributed by atoms with Crippen LogP contribution in [-0.4, -0.2) is 28.5 Å². The normalized spacial score (nSPS) is 11.9. The predicted molar refractivity (Wildman–Crippen MR) is 106 cm³/mol. The van der Waals surface area contributed by atoms with Gasteiger partial charge in [0.1, 0.15) is 5.71 Å². The molecule has 0 bridgehead atoms. The molecule has 1 unspecified atom stereocenters. The van der Waals surface area contributed by atoms with Crippen molar-refractivity contribution >= 4 is 23.4 Å². The lowest BCUT2D eigenvalue weighted by atomic mass is 9.98. The maximum atomic E-state index is 12.3. The van der Waals surface area contributed by atoms with Gasteiger partial charge in [-0.1, -0.05) is 54.6 Å². The second-order valence-corrected chi connectivity index (χ2v) is 6.41. The van der Waals surface area contributed by atoms with E-state index in [4.69, 9.17) is 16.2 Å². The van der Waals surface area contributed by atoms with Crippen molar-refractivity contribution in [3.05, 3.63) is 83.4 Å². The quantitative estimate of drug-likeness (QED) is 0.435. The number of benzene rings is 2. The Hall–Kier alpha value is -3.54. The fourth-order valence-corrected chi connectivity index (χ4v) is 2.70. The van der Waals surface area contributed by atoms with Crippen molar-refractivity contribution in [3.63, 3.8) is 0 Å². The molecule has 0 aromatic heterocycles. The molecule has 0 aliphatic heterocycles. The van der Waals surface area contributed by atoms with E-state index in [0.29, 0.717) is 12.0 Å². The summed E-state index contributed by atoms with van der Waals surface area (Å²) in [6, 6.07) is 17.0. The number of primary amides is 1. The Labute approximate surface area is 163 Å². The van der Waals surface area contributed by atoms with Crippen LogP contribution in [0.2, 0.25) is 0 Å². The zero-order valence-electron chi connectivity index (χ0n) is 15.3. The van der Waals surface area contributed by atoms with E-state index in [0.717, 1.165) is 17.2 Å². The summed E-state index contributed by atoms with van der Waals surface area (Å²) < 4.78 is 0. The molecule has 0 radical (unpaired) electrons. The molecule has 0 aliphatic carbocycles. The highest BCUT2D eigenvalue weighted by molar-refractivity contribution is 6.48. The molecule has 2 aromatic carbocycles. The predicted octanol–water partition coefficient (Wildman–Crippen LogP) is 2.74. The van der Waals surface area contributed by atoms with Gasteiger partial charge in [0.2, 0.25) is 11.7 Å². The number of carboxylic acid groups (broad SMARTS) is 1. The molecule has 0 saturated heterocycles. The SMILES string of the molecule is N=C(C(=O)/C=C/C(CCC(N)=O)C(=O)O)c1cccc(Cc2ccccc2)c1. The fourth-order valence-electron chi connectivity index (χ4n) is 2.70.